The summed E-state index contributed by atoms with van der Waals surface area (Å²) in [6.07, 6.45) is 7.60. The number of amides is 3. The van der Waals surface area contributed by atoms with Gasteiger partial charge in [-0.3, -0.25) is 10.1 Å². The number of nitrogens with one attached hydrogen (secondary N) is 1. The minimum Gasteiger partial charge on any atom is -0.494 e. The highest BCUT2D eigenvalue weighted by molar-refractivity contribution is 7.23. The monoisotopic (exact) mass is 651 g/mol. The zero-order valence-corrected chi connectivity index (χ0v) is 27.8. The summed E-state index contributed by atoms with van der Waals surface area (Å²) in [5, 5.41) is 3.39. The topological polar surface area (TPSA) is 103 Å². The molecule has 0 radical (unpaired) electrons. The fourth-order valence-electron chi connectivity index (χ4n) is 6.14. The lowest BCUT2D eigenvalue weighted by molar-refractivity contribution is -0.133. The molecule has 5 heterocycles. The Hall–Kier alpha value is -3.84. The van der Waals surface area contributed by atoms with Gasteiger partial charge >= 0.3 is 6.03 Å². The third-order valence-electron chi connectivity index (χ3n) is 8.70. The molecule has 0 spiro atoms. The van der Waals surface area contributed by atoms with E-state index in [1.807, 2.05) is 17.6 Å². The molecular weight excluding hydrogens is 611 g/mol. The molecule has 3 saturated heterocycles. The summed E-state index contributed by atoms with van der Waals surface area (Å²) >= 11 is 3.16. The van der Waals surface area contributed by atoms with Crippen molar-refractivity contribution in [2.75, 3.05) is 82.2 Å². The molecule has 0 bridgehead atoms. The van der Waals surface area contributed by atoms with Crippen LogP contribution in [0.25, 0.3) is 20.4 Å². The number of carbonyl (C=O) groups is 2. The molecule has 11 nitrogen and oxygen atoms in total. The summed E-state index contributed by atoms with van der Waals surface area (Å²) in [5.41, 5.74) is 6.13. The molecule has 0 atom stereocenters. The van der Waals surface area contributed by atoms with Gasteiger partial charge in [0.15, 0.2) is 5.13 Å². The highest BCUT2D eigenvalue weighted by atomic mass is 32.1. The van der Waals surface area contributed by atoms with Gasteiger partial charge < -0.3 is 29.1 Å². The summed E-state index contributed by atoms with van der Waals surface area (Å²) in [6.45, 7) is 5.55. The summed E-state index contributed by atoms with van der Waals surface area (Å²) in [5.74, 6) is 1.52. The van der Waals surface area contributed by atoms with Crippen molar-refractivity contribution in [2.24, 2.45) is 0 Å². The van der Waals surface area contributed by atoms with Crippen molar-refractivity contribution < 1.29 is 19.1 Å². The number of piperidine rings is 2. The Balaban J connectivity index is 0.000000179. The molecule has 3 amide bonds. The van der Waals surface area contributed by atoms with Crippen LogP contribution in [0.5, 0.6) is 11.5 Å². The van der Waals surface area contributed by atoms with Gasteiger partial charge in [-0.2, -0.15) is 0 Å². The molecule has 0 aliphatic carbocycles. The van der Waals surface area contributed by atoms with E-state index < -0.39 is 0 Å². The molecule has 0 saturated carbocycles. The number of anilines is 3. The number of benzene rings is 2. The van der Waals surface area contributed by atoms with Crippen LogP contribution >= 0.6 is 22.7 Å². The van der Waals surface area contributed by atoms with Crippen molar-refractivity contribution in [1.29, 1.82) is 0 Å². The quantitative estimate of drug-likeness (QED) is 0.285. The third kappa shape index (κ3) is 6.74. The third-order valence-corrected chi connectivity index (χ3v) is 10.5. The summed E-state index contributed by atoms with van der Waals surface area (Å²) in [7, 11) is 5.08. The SMILES string of the molecule is COc1ccc(N2CCCCC2)c2sc(NC(=O)N3CCN(C)C(=O)C3)nc12.COc1ccc(N2CCCCC2)c2scnc12. The Kier molecular flexibility index (Phi) is 9.74. The van der Waals surface area contributed by atoms with Crippen molar-refractivity contribution in [2.45, 2.75) is 38.5 Å². The normalized spacial score (nSPS) is 17.4. The molecule has 13 heteroatoms. The second-order valence-corrected chi connectivity index (χ2v) is 13.4. The van der Waals surface area contributed by atoms with Gasteiger partial charge in [-0.1, -0.05) is 11.3 Å². The number of rotatable bonds is 5. The van der Waals surface area contributed by atoms with Crippen LogP contribution in [0.3, 0.4) is 0 Å². The van der Waals surface area contributed by atoms with Crippen LogP contribution in [0, 0.1) is 0 Å². The first kappa shape index (κ1) is 31.2. The molecule has 240 valence electrons. The van der Waals surface area contributed by atoms with Crippen molar-refractivity contribution in [1.82, 2.24) is 19.8 Å². The molecule has 3 aliphatic rings. The van der Waals surface area contributed by atoms with Crippen LogP contribution in [-0.2, 0) is 4.79 Å². The number of hydrogen-bond acceptors (Lipinski definition) is 10. The lowest BCUT2D eigenvalue weighted by Gasteiger charge is -2.31. The van der Waals surface area contributed by atoms with Crippen LogP contribution < -0.4 is 24.6 Å². The number of hydrogen-bond donors (Lipinski definition) is 1. The highest BCUT2D eigenvalue weighted by Gasteiger charge is 2.26. The Morgan fingerprint density at radius 2 is 1.40 bits per heavy atom. The number of urea groups is 1. The van der Waals surface area contributed by atoms with Gasteiger partial charge in [0.25, 0.3) is 0 Å². The first-order valence-corrected chi connectivity index (χ1v) is 17.3. The molecule has 3 aliphatic heterocycles. The Morgan fingerprint density at radius 1 is 0.800 bits per heavy atom. The van der Waals surface area contributed by atoms with Gasteiger partial charge in [0, 0.05) is 46.3 Å². The number of piperazine rings is 1. The zero-order chi connectivity index (χ0) is 31.3. The van der Waals surface area contributed by atoms with E-state index in [2.05, 4.69) is 37.2 Å². The smallest absolute Gasteiger partial charge is 0.324 e. The molecule has 7 rings (SSSR count). The first-order chi connectivity index (χ1) is 22.0. The largest absolute Gasteiger partial charge is 0.494 e. The molecule has 1 N–H and O–H groups in total. The highest BCUT2D eigenvalue weighted by Crippen LogP contribution is 2.40. The Bertz CT molecular complexity index is 1650. The average Bonchev–Trinajstić information content (AvgIpc) is 3.74. The second kappa shape index (κ2) is 14.1. The zero-order valence-electron chi connectivity index (χ0n) is 26.2. The number of carbonyl (C=O) groups excluding carboxylic acids is 2. The molecule has 3 fully saturated rings. The number of nitrogens with zero attached hydrogens (tertiary/aromatic N) is 6. The van der Waals surface area contributed by atoms with E-state index in [1.165, 1.54) is 78.2 Å². The van der Waals surface area contributed by atoms with Crippen LogP contribution in [0.15, 0.2) is 29.8 Å². The maximum Gasteiger partial charge on any atom is 0.324 e. The van der Waals surface area contributed by atoms with Gasteiger partial charge in [-0.15, -0.1) is 11.3 Å². The molecule has 2 aromatic carbocycles. The van der Waals surface area contributed by atoms with E-state index in [9.17, 15) is 9.59 Å². The standard InChI is InChI=1S/C19H25N5O3S.C13H16N2OS/c1-22-10-11-24(12-15(22)25)19(26)21-18-20-16-14(27-2)7-6-13(17(16)28-18)23-8-4-3-5-9-23;1-16-11-6-5-10(13-12(11)14-9-17-13)15-7-3-2-4-8-15/h6-7H,3-5,8-12H2,1-2H3,(H,20,21,26);5-6,9H,2-4,7-8H2,1H3. The van der Waals surface area contributed by atoms with Gasteiger partial charge in [0.1, 0.15) is 29.1 Å². The Labute approximate surface area is 271 Å². The lowest BCUT2D eigenvalue weighted by atomic mass is 10.1. The van der Waals surface area contributed by atoms with Crippen LogP contribution in [0.4, 0.5) is 21.3 Å². The molecule has 4 aromatic rings. The van der Waals surface area contributed by atoms with Crippen molar-refractivity contribution in [3.63, 3.8) is 0 Å². The molecule has 2 aromatic heterocycles. The Morgan fingerprint density at radius 3 is 2.00 bits per heavy atom. The predicted molar refractivity (Wildman–Crippen MR) is 183 cm³/mol. The molecule has 45 heavy (non-hydrogen) atoms. The maximum atomic E-state index is 12.6. The fraction of sp³-hybridized carbons (Fsp3) is 0.500. The second-order valence-electron chi connectivity index (χ2n) is 11.6. The number of methoxy groups -OCH3 is 2. The number of ether oxygens (including phenoxy) is 2. The summed E-state index contributed by atoms with van der Waals surface area (Å²) in [6, 6.07) is 7.93. The predicted octanol–water partition coefficient (Wildman–Crippen LogP) is 5.90. The molecule has 0 unspecified atom stereocenters. The number of likely N-dealkylation sites (N-methyl/N-ethyl adjacent to an activating group) is 1. The van der Waals surface area contributed by atoms with E-state index in [1.54, 1.807) is 37.5 Å². The summed E-state index contributed by atoms with van der Waals surface area (Å²) in [4.78, 5) is 41.5. The van der Waals surface area contributed by atoms with E-state index in [4.69, 9.17) is 9.47 Å². The first-order valence-electron chi connectivity index (χ1n) is 15.6. The van der Waals surface area contributed by atoms with Gasteiger partial charge in [-0.25, -0.2) is 14.8 Å². The maximum absolute atomic E-state index is 12.6. The summed E-state index contributed by atoms with van der Waals surface area (Å²) < 4.78 is 13.1. The van der Waals surface area contributed by atoms with Crippen LogP contribution in [0.1, 0.15) is 38.5 Å². The minimum absolute atomic E-state index is 0.0558. The minimum atomic E-state index is -0.293. The van der Waals surface area contributed by atoms with Gasteiger partial charge in [0.05, 0.1) is 40.5 Å². The van der Waals surface area contributed by atoms with Gasteiger partial charge in [-0.05, 0) is 62.8 Å². The molecular formula is C32H41N7O4S2. The van der Waals surface area contributed by atoms with Crippen molar-refractivity contribution >= 4 is 71.6 Å². The number of fused-ring (bicyclic) bond motifs is 2. The lowest BCUT2D eigenvalue weighted by Crippen LogP contribution is -2.51. The van der Waals surface area contributed by atoms with E-state index in [0.717, 1.165) is 40.3 Å². The van der Waals surface area contributed by atoms with E-state index in [0.29, 0.717) is 24.0 Å². The number of thiazole rings is 2. The van der Waals surface area contributed by atoms with E-state index in [-0.39, 0.29) is 18.5 Å². The van der Waals surface area contributed by atoms with Crippen LogP contribution in [0.2, 0.25) is 0 Å². The van der Waals surface area contributed by atoms with Gasteiger partial charge in [0.2, 0.25) is 5.91 Å². The van der Waals surface area contributed by atoms with Crippen LogP contribution in [-0.4, -0.2) is 98.8 Å². The fourth-order valence-corrected chi connectivity index (χ4v) is 8.00. The van der Waals surface area contributed by atoms with Crippen molar-refractivity contribution in [3.05, 3.63) is 29.8 Å². The average molecular weight is 652 g/mol. The van der Waals surface area contributed by atoms with Crippen molar-refractivity contribution in [3.8, 4) is 11.5 Å². The van der Waals surface area contributed by atoms with E-state index >= 15 is 0 Å². The number of aromatic nitrogens is 2.